The molecule has 3 heterocycles. The molecule has 1 saturated heterocycles. The number of carbonyl (C=O) groups is 1. The van der Waals surface area contributed by atoms with Crippen LogP contribution in [0.25, 0.3) is 10.2 Å². The molecule has 30 heavy (non-hydrogen) atoms. The molecule has 0 bridgehead atoms. The van der Waals surface area contributed by atoms with E-state index in [1.165, 1.54) is 11.3 Å². The SMILES string of the molecule is COc1ccc(N2CCN(C(=O)c3sc4nc(CC(C)C)ccc4c3N)CC2)cc1. The molecule has 0 aliphatic carbocycles. The van der Waals surface area contributed by atoms with Gasteiger partial charge in [-0.25, -0.2) is 4.98 Å². The highest BCUT2D eigenvalue weighted by Gasteiger charge is 2.26. The summed E-state index contributed by atoms with van der Waals surface area (Å²) in [6, 6.07) is 12.1. The average Bonchev–Trinajstić information content (AvgIpc) is 3.09. The van der Waals surface area contributed by atoms with E-state index >= 15 is 0 Å². The standard InChI is InChI=1S/C23H28N4O2S/c1-15(2)14-16-4-9-19-20(24)21(30-22(19)25-16)23(28)27-12-10-26(11-13-27)17-5-7-18(29-3)8-6-17/h4-9,15H,10-14,24H2,1-3H3. The first-order valence-electron chi connectivity index (χ1n) is 10.3. The molecule has 3 aromatic rings. The Morgan fingerprint density at radius 1 is 1.13 bits per heavy atom. The van der Waals surface area contributed by atoms with Gasteiger partial charge in [0.2, 0.25) is 0 Å². The molecule has 0 saturated carbocycles. The number of piperazine rings is 1. The number of benzene rings is 1. The van der Waals surface area contributed by atoms with Crippen LogP contribution in [0.15, 0.2) is 36.4 Å². The molecule has 1 amide bonds. The molecule has 2 N–H and O–H groups in total. The lowest BCUT2D eigenvalue weighted by atomic mass is 10.1. The number of hydrogen-bond acceptors (Lipinski definition) is 6. The number of carbonyl (C=O) groups excluding carboxylic acids is 1. The monoisotopic (exact) mass is 424 g/mol. The molecule has 4 rings (SSSR count). The summed E-state index contributed by atoms with van der Waals surface area (Å²) < 4.78 is 5.23. The molecule has 6 nitrogen and oxygen atoms in total. The highest BCUT2D eigenvalue weighted by atomic mass is 32.1. The second-order valence-electron chi connectivity index (χ2n) is 8.08. The van der Waals surface area contributed by atoms with Gasteiger partial charge in [-0.05, 0) is 48.7 Å². The van der Waals surface area contributed by atoms with E-state index in [4.69, 9.17) is 15.5 Å². The van der Waals surface area contributed by atoms with E-state index in [2.05, 4.69) is 30.9 Å². The minimum Gasteiger partial charge on any atom is -0.497 e. The van der Waals surface area contributed by atoms with Crippen molar-refractivity contribution in [1.82, 2.24) is 9.88 Å². The van der Waals surface area contributed by atoms with E-state index in [9.17, 15) is 4.79 Å². The zero-order chi connectivity index (χ0) is 21.3. The van der Waals surface area contributed by atoms with Crippen molar-refractivity contribution >= 4 is 38.8 Å². The highest BCUT2D eigenvalue weighted by molar-refractivity contribution is 7.21. The minimum absolute atomic E-state index is 0.00953. The molecule has 1 aliphatic rings. The third-order valence-corrected chi connectivity index (χ3v) is 6.57. The van der Waals surface area contributed by atoms with Gasteiger partial charge < -0.3 is 20.3 Å². The second-order valence-corrected chi connectivity index (χ2v) is 9.07. The number of methoxy groups -OCH3 is 1. The van der Waals surface area contributed by atoms with Crippen molar-refractivity contribution in [2.75, 3.05) is 43.9 Å². The van der Waals surface area contributed by atoms with Crippen LogP contribution in [0, 0.1) is 5.92 Å². The normalized spacial score (nSPS) is 14.5. The van der Waals surface area contributed by atoms with Gasteiger partial charge in [0.15, 0.2) is 0 Å². The lowest BCUT2D eigenvalue weighted by molar-refractivity contribution is 0.0752. The van der Waals surface area contributed by atoms with Crippen molar-refractivity contribution in [2.45, 2.75) is 20.3 Å². The first-order chi connectivity index (χ1) is 14.5. The Labute approximate surface area is 181 Å². The fourth-order valence-corrected chi connectivity index (χ4v) is 4.91. The summed E-state index contributed by atoms with van der Waals surface area (Å²) in [7, 11) is 1.67. The smallest absolute Gasteiger partial charge is 0.266 e. The van der Waals surface area contributed by atoms with Crippen molar-refractivity contribution in [3.63, 3.8) is 0 Å². The molecule has 0 unspecified atom stereocenters. The summed E-state index contributed by atoms with van der Waals surface area (Å²) >= 11 is 1.41. The Kier molecular flexibility index (Phi) is 5.81. The number of anilines is 2. The first-order valence-corrected chi connectivity index (χ1v) is 11.1. The van der Waals surface area contributed by atoms with Gasteiger partial charge in [-0.15, -0.1) is 11.3 Å². The minimum atomic E-state index is 0.00953. The molecule has 158 valence electrons. The average molecular weight is 425 g/mol. The predicted molar refractivity (Wildman–Crippen MR) is 124 cm³/mol. The van der Waals surface area contributed by atoms with E-state index in [1.54, 1.807) is 7.11 Å². The van der Waals surface area contributed by atoms with Crippen molar-refractivity contribution in [3.8, 4) is 5.75 Å². The van der Waals surface area contributed by atoms with Gasteiger partial charge in [-0.3, -0.25) is 4.79 Å². The predicted octanol–water partition coefficient (Wildman–Crippen LogP) is 4.05. The maximum Gasteiger partial charge on any atom is 0.266 e. The van der Waals surface area contributed by atoms with Crippen LogP contribution >= 0.6 is 11.3 Å². The fourth-order valence-electron chi connectivity index (χ4n) is 3.83. The van der Waals surface area contributed by atoms with Crippen LogP contribution in [0.1, 0.15) is 29.2 Å². The van der Waals surface area contributed by atoms with E-state index < -0.39 is 0 Å². The Balaban J connectivity index is 1.47. The maximum absolute atomic E-state index is 13.2. The summed E-state index contributed by atoms with van der Waals surface area (Å²) in [4.78, 5) is 23.6. The quantitative estimate of drug-likeness (QED) is 0.669. The highest BCUT2D eigenvalue weighted by Crippen LogP contribution is 2.34. The molecule has 0 spiro atoms. The summed E-state index contributed by atoms with van der Waals surface area (Å²) in [5, 5.41) is 0.882. The number of rotatable bonds is 5. The van der Waals surface area contributed by atoms with Gasteiger partial charge in [0.1, 0.15) is 15.5 Å². The number of pyridine rings is 1. The van der Waals surface area contributed by atoms with Crippen LogP contribution in [0.3, 0.4) is 0 Å². The van der Waals surface area contributed by atoms with Crippen molar-refractivity contribution in [1.29, 1.82) is 0 Å². The fraction of sp³-hybridized carbons (Fsp3) is 0.391. The number of aromatic nitrogens is 1. The maximum atomic E-state index is 13.2. The van der Waals surface area contributed by atoms with Crippen LogP contribution in [0.5, 0.6) is 5.75 Å². The zero-order valence-electron chi connectivity index (χ0n) is 17.7. The van der Waals surface area contributed by atoms with E-state index in [0.29, 0.717) is 29.6 Å². The zero-order valence-corrected chi connectivity index (χ0v) is 18.5. The van der Waals surface area contributed by atoms with E-state index in [1.807, 2.05) is 29.2 Å². The summed E-state index contributed by atoms with van der Waals surface area (Å²) in [6.45, 7) is 7.28. The number of ether oxygens (including phenoxy) is 1. The lowest BCUT2D eigenvalue weighted by Crippen LogP contribution is -2.48. The molecular formula is C23H28N4O2S. The van der Waals surface area contributed by atoms with Crippen molar-refractivity contribution in [2.24, 2.45) is 5.92 Å². The number of hydrogen-bond donors (Lipinski definition) is 1. The Bertz CT molecular complexity index is 1040. The molecular weight excluding hydrogens is 396 g/mol. The number of nitrogens with two attached hydrogens (primary N) is 1. The van der Waals surface area contributed by atoms with Crippen LogP contribution in [-0.4, -0.2) is 49.1 Å². The molecule has 1 aromatic carbocycles. The van der Waals surface area contributed by atoms with E-state index in [-0.39, 0.29) is 5.91 Å². The van der Waals surface area contributed by atoms with Crippen molar-refractivity contribution < 1.29 is 9.53 Å². The van der Waals surface area contributed by atoms with Crippen LogP contribution in [-0.2, 0) is 6.42 Å². The Hall–Kier alpha value is -2.80. The number of nitrogen functional groups attached to an aromatic ring is 1. The second kappa shape index (κ2) is 8.52. The largest absolute Gasteiger partial charge is 0.497 e. The topological polar surface area (TPSA) is 71.7 Å². The summed E-state index contributed by atoms with van der Waals surface area (Å²) in [5.74, 6) is 1.39. The van der Waals surface area contributed by atoms with Crippen LogP contribution in [0.4, 0.5) is 11.4 Å². The number of fused-ring (bicyclic) bond motifs is 1. The van der Waals surface area contributed by atoms with Gasteiger partial charge in [-0.2, -0.15) is 0 Å². The summed E-state index contributed by atoms with van der Waals surface area (Å²) in [5.41, 5.74) is 9.09. The first kappa shape index (κ1) is 20.5. The van der Waals surface area contributed by atoms with Crippen LogP contribution < -0.4 is 15.4 Å². The van der Waals surface area contributed by atoms with E-state index in [0.717, 1.165) is 46.9 Å². The Morgan fingerprint density at radius 2 is 1.83 bits per heavy atom. The molecule has 7 heteroatoms. The third kappa shape index (κ3) is 4.07. The van der Waals surface area contributed by atoms with Gasteiger partial charge in [0, 0.05) is 42.9 Å². The third-order valence-electron chi connectivity index (χ3n) is 5.47. The summed E-state index contributed by atoms with van der Waals surface area (Å²) in [6.07, 6.45) is 0.921. The molecule has 0 radical (unpaired) electrons. The molecule has 1 aliphatic heterocycles. The number of nitrogens with zero attached hydrogens (tertiary/aromatic N) is 3. The van der Waals surface area contributed by atoms with Gasteiger partial charge in [0.25, 0.3) is 5.91 Å². The molecule has 0 atom stereocenters. The van der Waals surface area contributed by atoms with Gasteiger partial charge in [0.05, 0.1) is 12.8 Å². The van der Waals surface area contributed by atoms with Gasteiger partial charge >= 0.3 is 0 Å². The number of amides is 1. The Morgan fingerprint density at radius 3 is 2.47 bits per heavy atom. The number of thiophene rings is 1. The van der Waals surface area contributed by atoms with Crippen LogP contribution in [0.2, 0.25) is 0 Å². The lowest BCUT2D eigenvalue weighted by Gasteiger charge is -2.36. The molecule has 1 fully saturated rings. The molecule has 2 aromatic heterocycles. The van der Waals surface area contributed by atoms with Crippen molar-refractivity contribution in [3.05, 3.63) is 47.0 Å². The van der Waals surface area contributed by atoms with Gasteiger partial charge in [-0.1, -0.05) is 13.8 Å².